The van der Waals surface area contributed by atoms with E-state index < -0.39 is 0 Å². The number of benzene rings is 2. The minimum Gasteiger partial charge on any atom is -0.492 e. The van der Waals surface area contributed by atoms with Gasteiger partial charge in [-0.15, -0.1) is 24.0 Å². The average Bonchev–Trinajstić information content (AvgIpc) is 2.67. The summed E-state index contributed by atoms with van der Waals surface area (Å²) < 4.78 is 5.74. The highest BCUT2D eigenvalue weighted by Gasteiger charge is 2.24. The molecule has 0 fully saturated rings. The Morgan fingerprint density at radius 3 is 2.82 bits per heavy atom. The van der Waals surface area contributed by atoms with Crippen LogP contribution in [0.2, 0.25) is 0 Å². The van der Waals surface area contributed by atoms with Gasteiger partial charge in [0.15, 0.2) is 5.96 Å². The molecular formula is C21H27IN4O2. The van der Waals surface area contributed by atoms with Gasteiger partial charge in [0.1, 0.15) is 12.4 Å². The van der Waals surface area contributed by atoms with Gasteiger partial charge in [0.25, 0.3) is 0 Å². The first-order valence-electron chi connectivity index (χ1n) is 9.18. The topological polar surface area (TPSA) is 74.8 Å². The Morgan fingerprint density at radius 1 is 1.21 bits per heavy atom. The third kappa shape index (κ3) is 6.12. The minimum atomic E-state index is 0. The molecule has 1 amide bonds. The van der Waals surface area contributed by atoms with Crippen LogP contribution in [0.3, 0.4) is 0 Å². The van der Waals surface area contributed by atoms with Gasteiger partial charge >= 0.3 is 0 Å². The van der Waals surface area contributed by atoms with Gasteiger partial charge in [-0.2, -0.15) is 0 Å². The van der Waals surface area contributed by atoms with Crippen molar-refractivity contribution in [3.63, 3.8) is 0 Å². The van der Waals surface area contributed by atoms with Crippen LogP contribution < -0.4 is 20.7 Å². The van der Waals surface area contributed by atoms with Crippen LogP contribution in [0, 0.1) is 6.92 Å². The molecule has 1 heterocycles. The quantitative estimate of drug-likeness (QED) is 0.250. The summed E-state index contributed by atoms with van der Waals surface area (Å²) in [6.07, 6.45) is 0.470. The van der Waals surface area contributed by atoms with Gasteiger partial charge in [0, 0.05) is 31.6 Å². The molecule has 7 heteroatoms. The maximum Gasteiger partial charge on any atom is 0.225 e. The van der Waals surface area contributed by atoms with E-state index in [-0.39, 0.29) is 35.8 Å². The summed E-state index contributed by atoms with van der Waals surface area (Å²) in [5.41, 5.74) is 3.23. The molecule has 6 nitrogen and oxygen atoms in total. The van der Waals surface area contributed by atoms with E-state index in [0.717, 1.165) is 17.0 Å². The maximum atomic E-state index is 11.9. The number of carbonyl (C=O) groups excluding carboxylic acids is 1. The molecule has 3 N–H and O–H groups in total. The number of nitrogens with zero attached hydrogens (tertiary/aromatic N) is 1. The van der Waals surface area contributed by atoms with Crippen molar-refractivity contribution in [1.82, 2.24) is 10.6 Å². The van der Waals surface area contributed by atoms with Crippen molar-refractivity contribution < 1.29 is 9.53 Å². The van der Waals surface area contributed by atoms with Crippen LogP contribution >= 0.6 is 24.0 Å². The van der Waals surface area contributed by atoms with E-state index >= 15 is 0 Å². The Bertz CT molecular complexity index is 826. The number of guanidine groups is 1. The molecule has 3 rings (SSSR count). The number of halogens is 1. The first kappa shape index (κ1) is 22.0. The van der Waals surface area contributed by atoms with Crippen molar-refractivity contribution >= 4 is 41.5 Å². The molecule has 0 saturated heterocycles. The van der Waals surface area contributed by atoms with E-state index in [1.165, 1.54) is 5.56 Å². The second kappa shape index (κ2) is 10.9. The molecule has 150 valence electrons. The Kier molecular flexibility index (Phi) is 8.56. The van der Waals surface area contributed by atoms with Crippen LogP contribution in [0.1, 0.15) is 23.5 Å². The molecule has 1 unspecified atom stereocenters. The molecule has 2 aromatic carbocycles. The Labute approximate surface area is 183 Å². The van der Waals surface area contributed by atoms with Gasteiger partial charge in [0.2, 0.25) is 5.91 Å². The molecule has 0 aliphatic carbocycles. The smallest absolute Gasteiger partial charge is 0.225 e. The summed E-state index contributed by atoms with van der Waals surface area (Å²) in [6.45, 7) is 3.86. The molecule has 0 spiro atoms. The van der Waals surface area contributed by atoms with Gasteiger partial charge in [-0.25, -0.2) is 0 Å². The second-order valence-electron chi connectivity index (χ2n) is 6.58. The Hall–Kier alpha value is -2.29. The summed E-state index contributed by atoms with van der Waals surface area (Å²) >= 11 is 0. The molecule has 1 atom stereocenters. The first-order valence-corrected chi connectivity index (χ1v) is 9.18. The highest BCUT2D eigenvalue weighted by molar-refractivity contribution is 14.0. The highest BCUT2D eigenvalue weighted by atomic mass is 127. The maximum absolute atomic E-state index is 11.9. The van der Waals surface area contributed by atoms with Crippen LogP contribution in [0.5, 0.6) is 5.75 Å². The molecule has 2 aromatic rings. The fourth-order valence-electron chi connectivity index (χ4n) is 3.17. The molecule has 0 radical (unpaired) electrons. The van der Waals surface area contributed by atoms with Crippen molar-refractivity contribution in [2.24, 2.45) is 4.99 Å². The normalized spacial score (nSPS) is 15.7. The monoisotopic (exact) mass is 494 g/mol. The van der Waals surface area contributed by atoms with E-state index in [1.807, 2.05) is 49.4 Å². The minimum absolute atomic E-state index is 0. The van der Waals surface area contributed by atoms with Gasteiger partial charge in [-0.05, 0) is 36.2 Å². The zero-order chi connectivity index (χ0) is 19.1. The SMILES string of the molecule is CN=C(NCCOc1cccc(C)c1)NCC1CC(=O)Nc2ccccc21.I. The summed E-state index contributed by atoms with van der Waals surface area (Å²) in [4.78, 5) is 16.2. The molecule has 0 saturated carbocycles. The van der Waals surface area contributed by atoms with Gasteiger partial charge in [0.05, 0.1) is 6.54 Å². The zero-order valence-corrected chi connectivity index (χ0v) is 18.5. The average molecular weight is 494 g/mol. The number of ether oxygens (including phenoxy) is 1. The zero-order valence-electron chi connectivity index (χ0n) is 16.2. The fourth-order valence-corrected chi connectivity index (χ4v) is 3.17. The predicted octanol–water partition coefficient (Wildman–Crippen LogP) is 3.28. The summed E-state index contributed by atoms with van der Waals surface area (Å²) in [6, 6.07) is 15.9. The lowest BCUT2D eigenvalue weighted by molar-refractivity contribution is -0.116. The molecule has 0 bridgehead atoms. The summed E-state index contributed by atoms with van der Waals surface area (Å²) in [7, 11) is 1.73. The number of anilines is 1. The molecule has 0 aromatic heterocycles. The number of aryl methyl sites for hydroxylation is 1. The van der Waals surface area contributed by atoms with Crippen LogP contribution in [0.4, 0.5) is 5.69 Å². The largest absolute Gasteiger partial charge is 0.492 e. The number of para-hydroxylation sites is 1. The second-order valence-corrected chi connectivity index (χ2v) is 6.58. The van der Waals surface area contributed by atoms with E-state index in [0.29, 0.717) is 32.1 Å². The van der Waals surface area contributed by atoms with E-state index in [9.17, 15) is 4.79 Å². The highest BCUT2D eigenvalue weighted by Crippen LogP contribution is 2.31. The van der Waals surface area contributed by atoms with Crippen molar-refractivity contribution in [2.45, 2.75) is 19.3 Å². The number of fused-ring (bicyclic) bond motifs is 1. The van der Waals surface area contributed by atoms with Crippen molar-refractivity contribution in [3.8, 4) is 5.75 Å². The Morgan fingerprint density at radius 2 is 2.04 bits per heavy atom. The molecule has 28 heavy (non-hydrogen) atoms. The number of aliphatic imine (C=N–C) groups is 1. The number of nitrogens with one attached hydrogen (secondary N) is 3. The number of hydrogen-bond donors (Lipinski definition) is 3. The molecule has 1 aliphatic rings. The van der Waals surface area contributed by atoms with Gasteiger partial charge in [-0.1, -0.05) is 30.3 Å². The van der Waals surface area contributed by atoms with Crippen molar-refractivity contribution in [2.75, 3.05) is 32.1 Å². The number of amides is 1. The standard InChI is InChI=1S/C21H26N4O2.HI/c1-15-6-5-7-17(12-15)27-11-10-23-21(22-2)24-14-16-13-20(26)25-19-9-4-3-8-18(16)19;/h3-9,12,16H,10-11,13-14H2,1-2H3,(H,25,26)(H2,22,23,24);1H. The third-order valence-corrected chi connectivity index (χ3v) is 4.50. The lowest BCUT2D eigenvalue weighted by Crippen LogP contribution is -2.42. The Balaban J connectivity index is 0.00000280. The van der Waals surface area contributed by atoms with Gasteiger partial charge < -0.3 is 20.7 Å². The van der Waals surface area contributed by atoms with Crippen LogP contribution in [-0.4, -0.2) is 38.6 Å². The molecular weight excluding hydrogens is 467 g/mol. The van der Waals surface area contributed by atoms with Crippen LogP contribution in [0.15, 0.2) is 53.5 Å². The van der Waals surface area contributed by atoms with E-state index in [2.05, 4.69) is 27.0 Å². The van der Waals surface area contributed by atoms with Crippen molar-refractivity contribution in [1.29, 1.82) is 0 Å². The third-order valence-electron chi connectivity index (χ3n) is 4.50. The van der Waals surface area contributed by atoms with Gasteiger partial charge in [-0.3, -0.25) is 9.79 Å². The lowest BCUT2D eigenvalue weighted by atomic mass is 9.90. The lowest BCUT2D eigenvalue weighted by Gasteiger charge is -2.26. The fraction of sp³-hybridized carbons (Fsp3) is 0.333. The molecule has 1 aliphatic heterocycles. The number of hydrogen-bond acceptors (Lipinski definition) is 3. The number of carbonyl (C=O) groups is 1. The van der Waals surface area contributed by atoms with E-state index in [4.69, 9.17) is 4.74 Å². The van der Waals surface area contributed by atoms with Crippen molar-refractivity contribution in [3.05, 3.63) is 59.7 Å². The van der Waals surface area contributed by atoms with Crippen LogP contribution in [0.25, 0.3) is 0 Å². The van der Waals surface area contributed by atoms with E-state index in [1.54, 1.807) is 7.05 Å². The summed E-state index contributed by atoms with van der Waals surface area (Å²) in [5, 5.41) is 9.48. The predicted molar refractivity (Wildman–Crippen MR) is 124 cm³/mol. The first-order chi connectivity index (χ1) is 13.2. The summed E-state index contributed by atoms with van der Waals surface area (Å²) in [5.74, 6) is 1.74. The van der Waals surface area contributed by atoms with Crippen LogP contribution in [-0.2, 0) is 4.79 Å². The number of rotatable bonds is 6.